The summed E-state index contributed by atoms with van der Waals surface area (Å²) in [5, 5.41) is 8.44. The molecule has 0 saturated carbocycles. The van der Waals surface area contributed by atoms with Crippen LogP contribution in [-0.2, 0) is 9.84 Å². The molecule has 2 unspecified atom stereocenters. The van der Waals surface area contributed by atoms with Crippen LogP contribution in [0.5, 0.6) is 0 Å². The topological polar surface area (TPSA) is 80.4 Å². The zero-order valence-electron chi connectivity index (χ0n) is 6.10. The highest BCUT2D eigenvalue weighted by molar-refractivity contribution is 7.94. The van der Waals surface area contributed by atoms with Crippen molar-refractivity contribution in [3.05, 3.63) is 12.0 Å². The van der Waals surface area contributed by atoms with Gasteiger partial charge in [0.15, 0.2) is 9.84 Å². The van der Waals surface area contributed by atoms with Crippen molar-refractivity contribution in [1.82, 2.24) is 0 Å². The lowest BCUT2D eigenvalue weighted by Crippen LogP contribution is -2.36. The van der Waals surface area contributed by atoms with Gasteiger partial charge in [0.1, 0.15) is 11.5 Å². The third kappa shape index (κ3) is 3.71. The molecule has 0 aromatic rings. The molecule has 0 bridgehead atoms. The first kappa shape index (κ1) is 13.5. The molecule has 0 heterocycles. The van der Waals surface area contributed by atoms with Crippen LogP contribution in [0.3, 0.4) is 0 Å². The zero-order valence-corrected chi connectivity index (χ0v) is 7.73. The minimum Gasteiger partial charge on any atom is -0.377 e. The van der Waals surface area contributed by atoms with Gasteiger partial charge in [0.25, 0.3) is 0 Å². The van der Waals surface area contributed by atoms with Crippen LogP contribution in [0.4, 0.5) is 0 Å². The van der Waals surface area contributed by atoms with Crippen LogP contribution in [0.1, 0.15) is 6.92 Å². The predicted octanol–water partition coefficient (Wildman–Crippen LogP) is -0.368. The van der Waals surface area contributed by atoms with Crippen LogP contribution in [0.2, 0.25) is 0 Å². The summed E-state index contributed by atoms with van der Waals surface area (Å²) in [5.74, 6) is 0. The minimum absolute atomic E-state index is 0. The second kappa shape index (κ2) is 4.71. The molecule has 6 heteroatoms. The average Bonchev–Trinajstić information content (AvgIpc) is 1.86. The maximum Gasteiger partial charge on any atom is 0.177 e. The van der Waals surface area contributed by atoms with Gasteiger partial charge in [-0.3, -0.25) is 0 Å². The standard InChI is InChI=1S/C5H11NO3S.ClH/c1-3-10(8,9)4(2)5(6)7;/h3-5,7H,1,6H2,2H3;1H. The SMILES string of the molecule is C=CS(=O)(=O)C(C)C(N)O.Cl. The predicted molar refractivity (Wildman–Crippen MR) is 46.0 cm³/mol. The van der Waals surface area contributed by atoms with Crippen molar-refractivity contribution in [2.45, 2.75) is 18.4 Å². The van der Waals surface area contributed by atoms with Crippen LogP contribution >= 0.6 is 12.4 Å². The van der Waals surface area contributed by atoms with Crippen LogP contribution in [-0.4, -0.2) is 25.0 Å². The zero-order chi connectivity index (χ0) is 8.36. The fourth-order valence-electron chi connectivity index (χ4n) is 0.346. The van der Waals surface area contributed by atoms with E-state index in [-0.39, 0.29) is 12.4 Å². The van der Waals surface area contributed by atoms with E-state index in [4.69, 9.17) is 10.8 Å². The van der Waals surface area contributed by atoms with Crippen molar-refractivity contribution < 1.29 is 13.5 Å². The summed E-state index contributed by atoms with van der Waals surface area (Å²) in [5.41, 5.74) is 4.93. The molecule has 0 aliphatic heterocycles. The number of sulfone groups is 1. The Morgan fingerprint density at radius 2 is 2.00 bits per heavy atom. The number of nitrogens with two attached hydrogens (primary N) is 1. The monoisotopic (exact) mass is 201 g/mol. The van der Waals surface area contributed by atoms with E-state index in [9.17, 15) is 8.42 Å². The van der Waals surface area contributed by atoms with Crippen LogP contribution in [0, 0.1) is 0 Å². The molecule has 11 heavy (non-hydrogen) atoms. The Morgan fingerprint density at radius 1 is 1.64 bits per heavy atom. The van der Waals surface area contributed by atoms with Gasteiger partial charge < -0.3 is 10.8 Å². The molecule has 0 radical (unpaired) electrons. The van der Waals surface area contributed by atoms with Crippen molar-refractivity contribution in [3.8, 4) is 0 Å². The van der Waals surface area contributed by atoms with Crippen molar-refractivity contribution in [2.75, 3.05) is 0 Å². The van der Waals surface area contributed by atoms with Gasteiger partial charge in [0.2, 0.25) is 0 Å². The number of hydrogen-bond acceptors (Lipinski definition) is 4. The largest absolute Gasteiger partial charge is 0.377 e. The van der Waals surface area contributed by atoms with E-state index in [1.54, 1.807) is 0 Å². The molecular weight excluding hydrogens is 190 g/mol. The molecule has 0 aliphatic rings. The van der Waals surface area contributed by atoms with Gasteiger partial charge in [-0.05, 0) is 6.92 Å². The summed E-state index contributed by atoms with van der Waals surface area (Å²) in [4.78, 5) is 0. The summed E-state index contributed by atoms with van der Waals surface area (Å²) in [6, 6.07) is 0. The number of aliphatic hydroxyl groups excluding tert-OH is 1. The molecule has 4 nitrogen and oxygen atoms in total. The second-order valence-electron chi connectivity index (χ2n) is 1.95. The molecule has 68 valence electrons. The fraction of sp³-hybridized carbons (Fsp3) is 0.600. The van der Waals surface area contributed by atoms with E-state index >= 15 is 0 Å². The van der Waals surface area contributed by atoms with Gasteiger partial charge in [-0.2, -0.15) is 0 Å². The molecule has 0 amide bonds. The van der Waals surface area contributed by atoms with Gasteiger partial charge in [-0.1, -0.05) is 6.58 Å². The first-order chi connectivity index (χ1) is 4.41. The van der Waals surface area contributed by atoms with E-state index in [0.29, 0.717) is 0 Å². The highest BCUT2D eigenvalue weighted by Gasteiger charge is 2.21. The van der Waals surface area contributed by atoms with E-state index < -0.39 is 21.3 Å². The summed E-state index contributed by atoms with van der Waals surface area (Å²) >= 11 is 0. The lowest BCUT2D eigenvalue weighted by molar-refractivity contribution is 0.181. The summed E-state index contributed by atoms with van der Waals surface area (Å²) in [6.45, 7) is 4.40. The Kier molecular flexibility index (Phi) is 5.78. The fourth-order valence-corrected chi connectivity index (χ4v) is 1.04. The van der Waals surface area contributed by atoms with Crippen molar-refractivity contribution >= 4 is 22.2 Å². The summed E-state index contributed by atoms with van der Waals surface area (Å²) in [6.07, 6.45) is -1.34. The number of rotatable bonds is 3. The third-order valence-corrected chi connectivity index (χ3v) is 3.01. The minimum atomic E-state index is -3.41. The van der Waals surface area contributed by atoms with Crippen LogP contribution in [0.15, 0.2) is 12.0 Å². The Hall–Kier alpha value is -0.100. The molecule has 2 atom stereocenters. The molecular formula is C5H12ClNO3S. The molecule has 0 aromatic carbocycles. The van der Waals surface area contributed by atoms with Crippen molar-refractivity contribution in [3.63, 3.8) is 0 Å². The molecule has 0 aromatic heterocycles. The molecule has 3 N–H and O–H groups in total. The Labute approximate surface area is 72.4 Å². The summed E-state index contributed by atoms with van der Waals surface area (Å²) in [7, 11) is -3.41. The average molecular weight is 202 g/mol. The van der Waals surface area contributed by atoms with Crippen LogP contribution in [0.25, 0.3) is 0 Å². The second-order valence-corrected chi connectivity index (χ2v) is 4.21. The van der Waals surface area contributed by atoms with Crippen LogP contribution < -0.4 is 5.73 Å². The van der Waals surface area contributed by atoms with Gasteiger partial charge in [-0.15, -0.1) is 12.4 Å². The molecule has 0 fully saturated rings. The third-order valence-electron chi connectivity index (χ3n) is 1.23. The maximum absolute atomic E-state index is 10.8. The van der Waals surface area contributed by atoms with E-state index in [0.717, 1.165) is 5.41 Å². The Balaban J connectivity index is 0. The lowest BCUT2D eigenvalue weighted by atomic mass is 10.4. The first-order valence-corrected chi connectivity index (χ1v) is 4.32. The van der Waals surface area contributed by atoms with Gasteiger partial charge in [0.05, 0.1) is 0 Å². The molecule has 0 saturated heterocycles. The number of halogens is 1. The lowest BCUT2D eigenvalue weighted by Gasteiger charge is -2.11. The maximum atomic E-state index is 10.8. The highest BCUT2D eigenvalue weighted by Crippen LogP contribution is 2.03. The normalized spacial score (nSPS) is 16.3. The van der Waals surface area contributed by atoms with E-state index in [2.05, 4.69) is 6.58 Å². The molecule has 0 rings (SSSR count). The van der Waals surface area contributed by atoms with Gasteiger partial charge in [0, 0.05) is 5.41 Å². The van der Waals surface area contributed by atoms with E-state index in [1.807, 2.05) is 0 Å². The highest BCUT2D eigenvalue weighted by atomic mass is 35.5. The Bertz CT molecular complexity index is 212. The number of aliphatic hydroxyl groups is 1. The molecule has 0 aliphatic carbocycles. The number of hydrogen-bond donors (Lipinski definition) is 2. The molecule has 0 spiro atoms. The summed E-state index contributed by atoms with van der Waals surface area (Å²) < 4.78 is 21.6. The quantitative estimate of drug-likeness (QED) is 0.611. The van der Waals surface area contributed by atoms with E-state index in [1.165, 1.54) is 6.92 Å². The first-order valence-electron chi connectivity index (χ1n) is 2.72. The van der Waals surface area contributed by atoms with Gasteiger partial charge in [-0.25, -0.2) is 8.42 Å². The van der Waals surface area contributed by atoms with Crippen molar-refractivity contribution in [1.29, 1.82) is 0 Å². The van der Waals surface area contributed by atoms with Gasteiger partial charge >= 0.3 is 0 Å². The Morgan fingerprint density at radius 3 is 2.09 bits per heavy atom. The van der Waals surface area contributed by atoms with Crippen molar-refractivity contribution in [2.24, 2.45) is 5.73 Å². The smallest absolute Gasteiger partial charge is 0.177 e.